The van der Waals surface area contributed by atoms with Crippen LogP contribution in [-0.2, 0) is 9.84 Å². The van der Waals surface area contributed by atoms with Crippen molar-refractivity contribution in [2.75, 3.05) is 12.8 Å². The first-order valence-electron chi connectivity index (χ1n) is 6.42. The number of carbonyl (C=O) groups is 1. The molecule has 0 fully saturated rings. The number of alkyl halides is 1. The molecule has 1 aromatic rings. The van der Waals surface area contributed by atoms with Crippen molar-refractivity contribution in [1.29, 1.82) is 0 Å². The number of amides is 1. The van der Waals surface area contributed by atoms with E-state index < -0.39 is 9.84 Å². The molecule has 0 heterocycles. The summed E-state index contributed by atoms with van der Waals surface area (Å²) in [6, 6.07) is 5.97. The Kier molecular flexibility index (Phi) is 6.02. The largest absolute Gasteiger partial charge is 0.351 e. The molecule has 1 aromatic carbocycles. The lowest BCUT2D eigenvalue weighted by molar-refractivity contribution is 0.0952. The summed E-state index contributed by atoms with van der Waals surface area (Å²) in [5.74, 6) is 0.146. The molecular weight excluding hydrogens is 298 g/mol. The van der Waals surface area contributed by atoms with Crippen LogP contribution in [0.25, 0.3) is 0 Å². The monoisotopic (exact) mass is 317 g/mol. The van der Waals surface area contributed by atoms with Crippen LogP contribution in [-0.4, -0.2) is 32.5 Å². The minimum absolute atomic E-state index is 0.128. The fourth-order valence-corrected chi connectivity index (χ4v) is 2.87. The second-order valence-electron chi connectivity index (χ2n) is 5.24. The van der Waals surface area contributed by atoms with Gasteiger partial charge in [-0.3, -0.25) is 4.79 Å². The van der Waals surface area contributed by atoms with Crippen LogP contribution in [0, 0.1) is 5.92 Å². The van der Waals surface area contributed by atoms with Crippen molar-refractivity contribution in [1.82, 2.24) is 5.32 Å². The van der Waals surface area contributed by atoms with Gasteiger partial charge in [0, 0.05) is 18.4 Å². The Morgan fingerprint density at radius 2 is 2.00 bits per heavy atom. The second-order valence-corrected chi connectivity index (χ2v) is 7.87. The maximum absolute atomic E-state index is 11.9. The first kappa shape index (κ1) is 17.0. The van der Waals surface area contributed by atoms with E-state index in [1.54, 1.807) is 12.1 Å². The molecule has 112 valence electrons. The molecule has 0 saturated carbocycles. The second kappa shape index (κ2) is 7.09. The summed E-state index contributed by atoms with van der Waals surface area (Å²) in [4.78, 5) is 12.1. The van der Waals surface area contributed by atoms with Gasteiger partial charge in [0.1, 0.15) is 0 Å². The van der Waals surface area contributed by atoms with Crippen molar-refractivity contribution in [3.05, 3.63) is 29.8 Å². The zero-order valence-electron chi connectivity index (χ0n) is 11.9. The van der Waals surface area contributed by atoms with E-state index in [9.17, 15) is 13.2 Å². The Bertz CT molecular complexity index is 570. The normalized spacial score (nSPS) is 13.2. The van der Waals surface area contributed by atoms with Crippen LogP contribution < -0.4 is 5.32 Å². The fourth-order valence-electron chi connectivity index (χ4n) is 1.77. The minimum Gasteiger partial charge on any atom is -0.351 e. The highest BCUT2D eigenvalue weighted by Gasteiger charge is 2.13. The van der Waals surface area contributed by atoms with E-state index in [2.05, 4.69) is 19.2 Å². The van der Waals surface area contributed by atoms with Gasteiger partial charge in [-0.05, 0) is 30.5 Å². The summed E-state index contributed by atoms with van der Waals surface area (Å²) in [6.07, 6.45) is 1.92. The molecule has 1 rings (SSSR count). The Morgan fingerprint density at radius 1 is 1.35 bits per heavy atom. The summed E-state index contributed by atoms with van der Waals surface area (Å²) >= 11 is 6.10. The third-order valence-electron chi connectivity index (χ3n) is 2.74. The fraction of sp³-hybridized carbons (Fsp3) is 0.500. The summed E-state index contributed by atoms with van der Waals surface area (Å²) in [7, 11) is -3.31. The van der Waals surface area contributed by atoms with Gasteiger partial charge in [0.2, 0.25) is 0 Å². The maximum Gasteiger partial charge on any atom is 0.251 e. The highest BCUT2D eigenvalue weighted by atomic mass is 35.5. The Morgan fingerprint density at radius 3 is 2.55 bits per heavy atom. The Hall–Kier alpha value is -1.07. The molecule has 0 aromatic heterocycles. The number of nitrogens with one attached hydrogen (secondary N) is 1. The average molecular weight is 318 g/mol. The van der Waals surface area contributed by atoms with Gasteiger partial charge in [-0.2, -0.15) is 0 Å². The van der Waals surface area contributed by atoms with Crippen LogP contribution in [0.1, 0.15) is 30.6 Å². The molecule has 0 spiro atoms. The molecule has 1 amide bonds. The Labute approximate surface area is 125 Å². The molecule has 6 heteroatoms. The summed E-state index contributed by atoms with van der Waals surface area (Å²) in [5, 5.41) is 2.59. The number of halogens is 1. The van der Waals surface area contributed by atoms with Crippen LogP contribution in [0.2, 0.25) is 0 Å². The van der Waals surface area contributed by atoms with Crippen LogP contribution >= 0.6 is 11.6 Å². The van der Waals surface area contributed by atoms with Crippen molar-refractivity contribution in [3.8, 4) is 0 Å². The van der Waals surface area contributed by atoms with E-state index >= 15 is 0 Å². The SMILES string of the molecule is CC(C)CC(Cl)CNC(=O)c1cccc(S(C)(=O)=O)c1. The minimum atomic E-state index is -3.31. The van der Waals surface area contributed by atoms with Gasteiger partial charge in [0.15, 0.2) is 9.84 Å². The lowest BCUT2D eigenvalue weighted by Crippen LogP contribution is -2.30. The van der Waals surface area contributed by atoms with E-state index in [4.69, 9.17) is 11.6 Å². The number of hydrogen-bond acceptors (Lipinski definition) is 3. The third kappa shape index (κ3) is 5.51. The molecule has 0 aliphatic heterocycles. The third-order valence-corrected chi connectivity index (χ3v) is 4.18. The molecule has 0 aliphatic rings. The molecule has 0 radical (unpaired) electrons. The molecule has 1 unspecified atom stereocenters. The molecule has 0 saturated heterocycles. The first-order chi connectivity index (χ1) is 9.20. The summed E-state index contributed by atoms with van der Waals surface area (Å²) < 4.78 is 22.9. The molecule has 1 atom stereocenters. The molecule has 4 nitrogen and oxygen atoms in total. The molecule has 20 heavy (non-hydrogen) atoms. The standard InChI is InChI=1S/C14H20ClNO3S/c1-10(2)7-12(15)9-16-14(17)11-5-4-6-13(8-11)20(3,18)19/h4-6,8,10,12H,7,9H2,1-3H3,(H,16,17). The van der Waals surface area contributed by atoms with E-state index in [0.717, 1.165) is 12.7 Å². The van der Waals surface area contributed by atoms with Crippen molar-refractivity contribution in [2.45, 2.75) is 30.5 Å². The number of rotatable bonds is 6. The van der Waals surface area contributed by atoms with Crippen molar-refractivity contribution < 1.29 is 13.2 Å². The van der Waals surface area contributed by atoms with E-state index in [0.29, 0.717) is 18.0 Å². The van der Waals surface area contributed by atoms with Crippen molar-refractivity contribution in [3.63, 3.8) is 0 Å². The predicted molar refractivity (Wildman–Crippen MR) is 81.0 cm³/mol. The van der Waals surface area contributed by atoms with Crippen LogP contribution in [0.3, 0.4) is 0 Å². The number of hydrogen-bond donors (Lipinski definition) is 1. The number of benzene rings is 1. The molecule has 0 aliphatic carbocycles. The zero-order valence-corrected chi connectivity index (χ0v) is 13.5. The molecule has 1 N–H and O–H groups in total. The Balaban J connectivity index is 2.69. The van der Waals surface area contributed by atoms with Gasteiger partial charge in [-0.15, -0.1) is 11.6 Å². The summed E-state index contributed by atoms with van der Waals surface area (Å²) in [5.41, 5.74) is 0.321. The van der Waals surface area contributed by atoms with Crippen LogP contribution in [0.5, 0.6) is 0 Å². The van der Waals surface area contributed by atoms with Gasteiger partial charge in [0.05, 0.1) is 10.3 Å². The molecule has 0 bridgehead atoms. The van der Waals surface area contributed by atoms with Crippen LogP contribution in [0.15, 0.2) is 29.2 Å². The number of sulfone groups is 1. The smallest absolute Gasteiger partial charge is 0.251 e. The number of carbonyl (C=O) groups excluding carboxylic acids is 1. The maximum atomic E-state index is 11.9. The van der Waals surface area contributed by atoms with E-state index in [1.807, 2.05) is 0 Å². The van der Waals surface area contributed by atoms with Gasteiger partial charge < -0.3 is 5.32 Å². The van der Waals surface area contributed by atoms with Crippen molar-refractivity contribution >= 4 is 27.3 Å². The first-order valence-corrected chi connectivity index (χ1v) is 8.75. The quantitative estimate of drug-likeness (QED) is 0.820. The highest BCUT2D eigenvalue weighted by Crippen LogP contribution is 2.12. The van der Waals surface area contributed by atoms with E-state index in [1.165, 1.54) is 12.1 Å². The van der Waals surface area contributed by atoms with Gasteiger partial charge >= 0.3 is 0 Å². The highest BCUT2D eigenvalue weighted by molar-refractivity contribution is 7.90. The zero-order chi connectivity index (χ0) is 15.3. The lowest BCUT2D eigenvalue weighted by Gasteiger charge is -2.13. The van der Waals surface area contributed by atoms with Gasteiger partial charge in [-0.25, -0.2) is 8.42 Å². The molecular formula is C14H20ClNO3S. The predicted octanol–water partition coefficient (Wildman–Crippen LogP) is 2.47. The van der Waals surface area contributed by atoms with E-state index in [-0.39, 0.29) is 16.2 Å². The topological polar surface area (TPSA) is 63.2 Å². The summed E-state index contributed by atoms with van der Waals surface area (Å²) in [6.45, 7) is 4.49. The average Bonchev–Trinajstić information content (AvgIpc) is 2.34. The van der Waals surface area contributed by atoms with Gasteiger partial charge in [-0.1, -0.05) is 19.9 Å². The van der Waals surface area contributed by atoms with Crippen molar-refractivity contribution in [2.24, 2.45) is 5.92 Å². The van der Waals surface area contributed by atoms with Gasteiger partial charge in [0.25, 0.3) is 5.91 Å². The van der Waals surface area contributed by atoms with Crippen LogP contribution in [0.4, 0.5) is 0 Å². The lowest BCUT2D eigenvalue weighted by atomic mass is 10.1.